The van der Waals surface area contributed by atoms with Crippen molar-refractivity contribution < 1.29 is 13.9 Å². The minimum Gasteiger partial charge on any atom is -0.410 e. The van der Waals surface area contributed by atoms with Crippen molar-refractivity contribution in [3.8, 4) is 28.3 Å². The molecule has 180 valence electrons. The summed E-state index contributed by atoms with van der Waals surface area (Å²) in [5.41, 5.74) is 4.44. The lowest BCUT2D eigenvalue weighted by Crippen LogP contribution is -2.27. The average Bonchev–Trinajstić information content (AvgIpc) is 3.22. The zero-order valence-electron chi connectivity index (χ0n) is 19.9. The quantitative estimate of drug-likeness (QED) is 0.253. The Morgan fingerprint density at radius 2 is 1.49 bits per heavy atom. The molecule has 0 saturated carbocycles. The molecule has 35 heavy (non-hydrogen) atoms. The van der Waals surface area contributed by atoms with Crippen LogP contribution in [0.5, 0.6) is 5.75 Å². The minimum absolute atomic E-state index is 0.323. The zero-order valence-corrected chi connectivity index (χ0v) is 19.9. The lowest BCUT2D eigenvalue weighted by atomic mass is 10.0. The molecule has 0 aliphatic carbocycles. The van der Waals surface area contributed by atoms with Crippen molar-refractivity contribution in [2.75, 3.05) is 6.54 Å². The first-order chi connectivity index (χ1) is 17.1. The van der Waals surface area contributed by atoms with Gasteiger partial charge in [-0.2, -0.15) is 0 Å². The van der Waals surface area contributed by atoms with Crippen LogP contribution in [0, 0.1) is 12.7 Å². The number of rotatable bonds is 10. The van der Waals surface area contributed by atoms with E-state index >= 15 is 0 Å². The molecule has 0 saturated heterocycles. The summed E-state index contributed by atoms with van der Waals surface area (Å²) in [4.78, 5) is 16.8. The van der Waals surface area contributed by atoms with E-state index in [0.29, 0.717) is 12.3 Å². The molecule has 0 atom stereocenters. The Morgan fingerprint density at radius 3 is 2.17 bits per heavy atom. The first-order valence-corrected chi connectivity index (χ1v) is 12.0. The zero-order chi connectivity index (χ0) is 24.5. The number of ether oxygens (including phenoxy) is 1. The van der Waals surface area contributed by atoms with Gasteiger partial charge in [-0.1, -0.05) is 73.5 Å². The van der Waals surface area contributed by atoms with Gasteiger partial charge in [-0.3, -0.25) is 0 Å². The van der Waals surface area contributed by atoms with E-state index in [9.17, 15) is 9.18 Å². The molecule has 4 rings (SSSR count). The van der Waals surface area contributed by atoms with Gasteiger partial charge in [-0.05, 0) is 44.0 Å². The van der Waals surface area contributed by atoms with E-state index in [4.69, 9.17) is 9.72 Å². The number of aromatic nitrogens is 2. The van der Waals surface area contributed by atoms with Crippen LogP contribution in [0.15, 0.2) is 84.9 Å². The number of hydrogen-bond donors (Lipinski definition) is 1. The van der Waals surface area contributed by atoms with Crippen LogP contribution in [0.4, 0.5) is 9.18 Å². The van der Waals surface area contributed by atoms with E-state index in [2.05, 4.69) is 53.2 Å². The maximum absolute atomic E-state index is 12.9. The summed E-state index contributed by atoms with van der Waals surface area (Å²) < 4.78 is 20.4. The Labute approximate surface area is 205 Å². The number of hydrogen-bond acceptors (Lipinski definition) is 3. The SMILES string of the molecule is Cc1nc(-c2ccccc2)c(-c2ccccc2)n1CCCCCCNC(=O)Oc1ccc(F)cc1. The number of imidazole rings is 1. The van der Waals surface area contributed by atoms with Gasteiger partial charge in [0.2, 0.25) is 0 Å². The highest BCUT2D eigenvalue weighted by molar-refractivity contribution is 5.79. The highest BCUT2D eigenvalue weighted by Crippen LogP contribution is 2.33. The molecule has 1 aromatic heterocycles. The van der Waals surface area contributed by atoms with E-state index in [1.165, 1.54) is 24.3 Å². The first kappa shape index (κ1) is 24.2. The van der Waals surface area contributed by atoms with Gasteiger partial charge < -0.3 is 14.6 Å². The Hall–Kier alpha value is -3.93. The van der Waals surface area contributed by atoms with E-state index < -0.39 is 6.09 Å². The van der Waals surface area contributed by atoms with Crippen molar-refractivity contribution in [2.24, 2.45) is 0 Å². The molecule has 1 N–H and O–H groups in total. The number of benzene rings is 3. The van der Waals surface area contributed by atoms with Gasteiger partial charge in [-0.15, -0.1) is 0 Å². The van der Waals surface area contributed by atoms with Gasteiger partial charge in [0.25, 0.3) is 0 Å². The molecule has 1 amide bonds. The van der Waals surface area contributed by atoms with E-state index in [-0.39, 0.29) is 5.82 Å². The summed E-state index contributed by atoms with van der Waals surface area (Å²) in [6.07, 6.45) is 3.40. The highest BCUT2D eigenvalue weighted by atomic mass is 19.1. The third kappa shape index (κ3) is 6.57. The van der Waals surface area contributed by atoms with Crippen LogP contribution in [-0.4, -0.2) is 22.2 Å². The molecular weight excluding hydrogens is 441 g/mol. The van der Waals surface area contributed by atoms with Gasteiger partial charge >= 0.3 is 6.09 Å². The highest BCUT2D eigenvalue weighted by Gasteiger charge is 2.17. The standard InChI is InChI=1S/C29H30FN3O2/c1-22-32-27(23-12-6-4-7-13-23)28(24-14-8-5-9-15-24)33(22)21-11-3-2-10-20-31-29(34)35-26-18-16-25(30)17-19-26/h4-9,12-19H,2-3,10-11,20-21H2,1H3,(H,31,34). The number of halogens is 1. The fourth-order valence-corrected chi connectivity index (χ4v) is 4.11. The maximum Gasteiger partial charge on any atom is 0.412 e. The van der Waals surface area contributed by atoms with Gasteiger partial charge in [0.15, 0.2) is 0 Å². The number of carbonyl (C=O) groups excluding carboxylic acids is 1. The molecule has 4 aromatic rings. The molecule has 0 aliphatic heterocycles. The predicted octanol–water partition coefficient (Wildman–Crippen LogP) is 7.01. The number of unbranched alkanes of at least 4 members (excludes halogenated alkanes) is 3. The van der Waals surface area contributed by atoms with Gasteiger partial charge in [-0.25, -0.2) is 14.2 Å². The Bertz CT molecular complexity index is 1220. The molecule has 6 heteroatoms. The lowest BCUT2D eigenvalue weighted by molar-refractivity contribution is 0.200. The van der Waals surface area contributed by atoms with Crippen LogP contribution in [0.3, 0.4) is 0 Å². The summed E-state index contributed by atoms with van der Waals surface area (Å²) in [5, 5.41) is 2.75. The molecule has 0 aliphatic rings. The van der Waals surface area contributed by atoms with Crippen molar-refractivity contribution in [3.63, 3.8) is 0 Å². The molecule has 0 bridgehead atoms. The Morgan fingerprint density at radius 1 is 0.857 bits per heavy atom. The normalized spacial score (nSPS) is 10.8. The number of amides is 1. The summed E-state index contributed by atoms with van der Waals surface area (Å²) in [6.45, 7) is 3.49. The lowest BCUT2D eigenvalue weighted by Gasteiger charge is -2.12. The fourth-order valence-electron chi connectivity index (χ4n) is 4.11. The fraction of sp³-hybridized carbons (Fsp3) is 0.241. The topological polar surface area (TPSA) is 56.2 Å². The van der Waals surface area contributed by atoms with Crippen LogP contribution in [0.2, 0.25) is 0 Å². The van der Waals surface area contributed by atoms with E-state index in [1.807, 2.05) is 24.3 Å². The third-order valence-electron chi connectivity index (χ3n) is 5.85. The third-order valence-corrected chi connectivity index (χ3v) is 5.85. The largest absolute Gasteiger partial charge is 0.412 e. The molecule has 0 fully saturated rings. The summed E-state index contributed by atoms with van der Waals surface area (Å²) in [5.74, 6) is 0.965. The van der Waals surface area contributed by atoms with Crippen LogP contribution in [-0.2, 0) is 6.54 Å². The molecule has 1 heterocycles. The molecule has 5 nitrogen and oxygen atoms in total. The molecule has 0 radical (unpaired) electrons. The minimum atomic E-state index is -0.522. The smallest absolute Gasteiger partial charge is 0.410 e. The average molecular weight is 472 g/mol. The number of carbonyl (C=O) groups is 1. The number of nitrogens with one attached hydrogen (secondary N) is 1. The van der Waals surface area contributed by atoms with Crippen molar-refractivity contribution in [2.45, 2.75) is 39.2 Å². The molecule has 0 unspecified atom stereocenters. The van der Waals surface area contributed by atoms with E-state index in [1.54, 1.807) is 0 Å². The molecule has 3 aromatic carbocycles. The second kappa shape index (κ2) is 12.0. The molecular formula is C29H30FN3O2. The monoisotopic (exact) mass is 471 g/mol. The Kier molecular flexibility index (Phi) is 8.28. The number of nitrogens with zero attached hydrogens (tertiary/aromatic N) is 2. The summed E-state index contributed by atoms with van der Waals surface area (Å²) >= 11 is 0. The van der Waals surface area contributed by atoms with Crippen molar-refractivity contribution in [3.05, 3.63) is 96.6 Å². The predicted molar refractivity (Wildman–Crippen MR) is 137 cm³/mol. The van der Waals surface area contributed by atoms with Crippen LogP contribution < -0.4 is 10.1 Å². The van der Waals surface area contributed by atoms with E-state index in [0.717, 1.165) is 60.6 Å². The van der Waals surface area contributed by atoms with Gasteiger partial charge in [0.1, 0.15) is 17.4 Å². The first-order valence-electron chi connectivity index (χ1n) is 12.0. The summed E-state index contributed by atoms with van der Waals surface area (Å²) in [6, 6.07) is 26.1. The second-order valence-electron chi connectivity index (χ2n) is 8.42. The maximum atomic E-state index is 12.9. The second-order valence-corrected chi connectivity index (χ2v) is 8.42. The molecule has 0 spiro atoms. The van der Waals surface area contributed by atoms with Crippen molar-refractivity contribution in [1.29, 1.82) is 0 Å². The summed E-state index contributed by atoms with van der Waals surface area (Å²) in [7, 11) is 0. The Balaban J connectivity index is 1.28. The van der Waals surface area contributed by atoms with Crippen molar-refractivity contribution in [1.82, 2.24) is 14.9 Å². The van der Waals surface area contributed by atoms with Gasteiger partial charge in [0, 0.05) is 24.2 Å². The van der Waals surface area contributed by atoms with Gasteiger partial charge in [0.05, 0.1) is 11.4 Å². The number of aryl methyl sites for hydroxylation is 1. The van der Waals surface area contributed by atoms with Crippen molar-refractivity contribution >= 4 is 6.09 Å². The van der Waals surface area contributed by atoms with Crippen LogP contribution >= 0.6 is 0 Å². The van der Waals surface area contributed by atoms with Crippen LogP contribution in [0.25, 0.3) is 22.5 Å². The van der Waals surface area contributed by atoms with Crippen LogP contribution in [0.1, 0.15) is 31.5 Å².